The number of nitrogens with zero attached hydrogens (tertiary/aromatic N) is 1. The second-order valence-electron chi connectivity index (χ2n) is 2.14. The second kappa shape index (κ2) is 2.71. The van der Waals surface area contributed by atoms with Gasteiger partial charge < -0.3 is 15.5 Å². The maximum atomic E-state index is 10.4. The lowest BCUT2D eigenvalue weighted by Crippen LogP contribution is -2.31. The van der Waals surface area contributed by atoms with E-state index in [-0.39, 0.29) is 5.57 Å². The molecule has 3 N–H and O–H groups in total. The highest BCUT2D eigenvalue weighted by Gasteiger charge is 2.15. The molecule has 0 spiro atoms. The van der Waals surface area contributed by atoms with Crippen LogP contribution < -0.4 is 5.32 Å². The Morgan fingerprint density at radius 2 is 2.45 bits per heavy atom. The highest BCUT2D eigenvalue weighted by Crippen LogP contribution is 2.04. The fourth-order valence-electron chi connectivity index (χ4n) is 0.766. The van der Waals surface area contributed by atoms with Crippen LogP contribution in [0.5, 0.6) is 0 Å². The average Bonchev–Trinajstić information content (AvgIpc) is 1.85. The number of allylic oxidation sites excluding steroid dienone is 1. The van der Waals surface area contributed by atoms with Gasteiger partial charge in [0.15, 0.2) is 0 Å². The molecule has 0 saturated carbocycles. The summed E-state index contributed by atoms with van der Waals surface area (Å²) in [6.07, 6.45) is 0.122. The lowest BCUT2D eigenvalue weighted by molar-refractivity contribution is -0.132. The number of hydrogen-bond donors (Lipinski definition) is 3. The molecule has 0 aliphatic carbocycles. The van der Waals surface area contributed by atoms with Crippen LogP contribution in [0.1, 0.15) is 6.92 Å². The van der Waals surface area contributed by atoms with Gasteiger partial charge >= 0.3 is 5.97 Å². The molecule has 1 aliphatic heterocycles. The molecule has 0 aromatic carbocycles. The van der Waals surface area contributed by atoms with Crippen molar-refractivity contribution in [3.63, 3.8) is 0 Å². The first-order valence-electron chi connectivity index (χ1n) is 3.03. The number of aliphatic imine (C=N–C) groups is 1. The number of carbonyl (C=O) groups is 1. The van der Waals surface area contributed by atoms with Crippen LogP contribution in [0.25, 0.3) is 0 Å². The summed E-state index contributed by atoms with van der Waals surface area (Å²) in [4.78, 5) is 13.9. The number of rotatable bonds is 1. The van der Waals surface area contributed by atoms with Crippen molar-refractivity contribution in [2.45, 2.75) is 13.3 Å². The van der Waals surface area contributed by atoms with E-state index in [0.717, 1.165) is 6.21 Å². The molecule has 0 radical (unpaired) electrons. The molecule has 0 bridgehead atoms. The molecule has 0 aromatic rings. The summed E-state index contributed by atoms with van der Waals surface area (Å²) in [6.45, 7) is 1.57. The molecule has 60 valence electrons. The zero-order valence-electron chi connectivity index (χ0n) is 5.90. The monoisotopic (exact) mass is 156 g/mol. The minimum atomic E-state index is -1.05. The smallest absolute Gasteiger partial charge is 0.339 e. The van der Waals surface area contributed by atoms with E-state index in [9.17, 15) is 4.79 Å². The minimum Gasteiger partial charge on any atom is -0.478 e. The van der Waals surface area contributed by atoms with Gasteiger partial charge in [-0.05, 0) is 6.92 Å². The average molecular weight is 156 g/mol. The zero-order chi connectivity index (χ0) is 8.43. The number of hydrogen-bond acceptors (Lipinski definition) is 4. The van der Waals surface area contributed by atoms with E-state index in [0.29, 0.717) is 5.70 Å². The Hall–Kier alpha value is -1.36. The molecule has 11 heavy (non-hydrogen) atoms. The van der Waals surface area contributed by atoms with Gasteiger partial charge in [-0.25, -0.2) is 9.79 Å². The molecule has 1 rings (SSSR count). The lowest BCUT2D eigenvalue weighted by Gasteiger charge is -2.15. The Balaban J connectivity index is 2.88. The number of aliphatic hydroxyl groups excluding tert-OH is 1. The van der Waals surface area contributed by atoms with Gasteiger partial charge in [0.2, 0.25) is 6.35 Å². The topological polar surface area (TPSA) is 81.9 Å². The number of carboxylic acids is 1. The summed E-state index contributed by atoms with van der Waals surface area (Å²) >= 11 is 0. The van der Waals surface area contributed by atoms with Crippen LogP contribution in [0, 0.1) is 0 Å². The van der Waals surface area contributed by atoms with Gasteiger partial charge in [-0.2, -0.15) is 0 Å². The number of carboxylic acid groups (broad SMARTS) is 1. The summed E-state index contributed by atoms with van der Waals surface area (Å²) in [5.74, 6) is -1.05. The van der Waals surface area contributed by atoms with E-state index in [4.69, 9.17) is 10.2 Å². The quantitative estimate of drug-likeness (QED) is 0.468. The van der Waals surface area contributed by atoms with E-state index >= 15 is 0 Å². The van der Waals surface area contributed by atoms with Gasteiger partial charge in [0.05, 0.1) is 5.57 Å². The Kier molecular flexibility index (Phi) is 1.91. The molecule has 1 unspecified atom stereocenters. The van der Waals surface area contributed by atoms with Gasteiger partial charge in [0, 0.05) is 11.9 Å². The number of nitrogens with one attached hydrogen (secondary N) is 1. The van der Waals surface area contributed by atoms with Crippen molar-refractivity contribution in [1.82, 2.24) is 5.32 Å². The van der Waals surface area contributed by atoms with Gasteiger partial charge in [0.25, 0.3) is 0 Å². The highest BCUT2D eigenvalue weighted by molar-refractivity contribution is 6.09. The predicted molar refractivity (Wildman–Crippen MR) is 38.0 cm³/mol. The molecule has 1 aliphatic rings. The molecule has 0 amide bonds. The fraction of sp³-hybridized carbons (Fsp3) is 0.333. The molecule has 5 heteroatoms. The Morgan fingerprint density at radius 3 is 2.91 bits per heavy atom. The van der Waals surface area contributed by atoms with Crippen LogP contribution in [0.15, 0.2) is 16.3 Å². The van der Waals surface area contributed by atoms with Crippen molar-refractivity contribution in [3.8, 4) is 0 Å². The van der Waals surface area contributed by atoms with Crippen molar-refractivity contribution in [2.75, 3.05) is 0 Å². The maximum Gasteiger partial charge on any atom is 0.339 e. The van der Waals surface area contributed by atoms with Gasteiger partial charge in [0.1, 0.15) is 0 Å². The van der Waals surface area contributed by atoms with Crippen molar-refractivity contribution in [1.29, 1.82) is 0 Å². The lowest BCUT2D eigenvalue weighted by atomic mass is 10.2. The summed E-state index contributed by atoms with van der Waals surface area (Å²) in [5.41, 5.74) is 0.496. The largest absolute Gasteiger partial charge is 0.478 e. The molecule has 5 nitrogen and oxygen atoms in total. The first kappa shape index (κ1) is 7.74. The van der Waals surface area contributed by atoms with Gasteiger partial charge in [-0.1, -0.05) is 0 Å². The van der Waals surface area contributed by atoms with E-state index in [1.165, 1.54) is 0 Å². The Bertz CT molecular complexity index is 244. The van der Waals surface area contributed by atoms with E-state index in [2.05, 4.69) is 10.3 Å². The minimum absolute atomic E-state index is 0.0790. The number of aliphatic carboxylic acids is 1. The van der Waals surface area contributed by atoms with Crippen molar-refractivity contribution in [3.05, 3.63) is 11.3 Å². The van der Waals surface area contributed by atoms with Gasteiger partial charge in [-0.3, -0.25) is 0 Å². The molecule has 1 heterocycles. The van der Waals surface area contributed by atoms with Crippen molar-refractivity contribution in [2.24, 2.45) is 4.99 Å². The van der Waals surface area contributed by atoms with Crippen LogP contribution in [0.4, 0.5) is 0 Å². The normalized spacial score (nSPS) is 23.3. The van der Waals surface area contributed by atoms with E-state index in [1.807, 2.05) is 0 Å². The van der Waals surface area contributed by atoms with Crippen molar-refractivity contribution >= 4 is 12.2 Å². The SMILES string of the molecule is CC1=C(C(=O)O)C=NC(O)N1. The first-order valence-corrected chi connectivity index (χ1v) is 3.03. The molecular weight excluding hydrogens is 148 g/mol. The molecule has 0 fully saturated rings. The van der Waals surface area contributed by atoms with Crippen LogP contribution in [-0.2, 0) is 4.79 Å². The zero-order valence-corrected chi connectivity index (χ0v) is 5.90. The van der Waals surface area contributed by atoms with Crippen LogP contribution in [-0.4, -0.2) is 28.7 Å². The summed E-state index contributed by atoms with van der Waals surface area (Å²) < 4.78 is 0. The Labute approximate surface area is 63.1 Å². The molecular formula is C6H8N2O3. The van der Waals surface area contributed by atoms with Crippen LogP contribution in [0.3, 0.4) is 0 Å². The summed E-state index contributed by atoms with van der Waals surface area (Å²) in [6, 6.07) is 0. The molecule has 0 aromatic heterocycles. The first-order chi connectivity index (χ1) is 5.11. The third kappa shape index (κ3) is 1.56. The fourth-order valence-corrected chi connectivity index (χ4v) is 0.766. The maximum absolute atomic E-state index is 10.4. The summed E-state index contributed by atoms with van der Waals surface area (Å²) in [7, 11) is 0. The summed E-state index contributed by atoms with van der Waals surface area (Å²) in [5, 5.41) is 19.8. The molecule has 1 atom stereocenters. The Morgan fingerprint density at radius 1 is 1.82 bits per heavy atom. The van der Waals surface area contributed by atoms with E-state index < -0.39 is 12.3 Å². The predicted octanol–water partition coefficient (Wildman–Crippen LogP) is -0.705. The third-order valence-electron chi connectivity index (χ3n) is 1.32. The van der Waals surface area contributed by atoms with Gasteiger partial charge in [-0.15, -0.1) is 0 Å². The second-order valence-corrected chi connectivity index (χ2v) is 2.14. The standard InChI is InChI=1S/C6H8N2O3/c1-3-4(5(9)10)2-7-6(11)8-3/h2,6,8,11H,1H3,(H,9,10). The van der Waals surface area contributed by atoms with Crippen LogP contribution >= 0.6 is 0 Å². The van der Waals surface area contributed by atoms with Crippen molar-refractivity contribution < 1.29 is 15.0 Å². The highest BCUT2D eigenvalue weighted by atomic mass is 16.4. The van der Waals surface area contributed by atoms with Crippen LogP contribution in [0.2, 0.25) is 0 Å². The third-order valence-corrected chi connectivity index (χ3v) is 1.32. The van der Waals surface area contributed by atoms with E-state index in [1.54, 1.807) is 6.92 Å². The number of aliphatic hydroxyl groups is 1. The molecule has 0 saturated heterocycles.